The molecule has 0 radical (unpaired) electrons. The van der Waals surface area contributed by atoms with Crippen molar-refractivity contribution in [3.63, 3.8) is 0 Å². The lowest BCUT2D eigenvalue weighted by Crippen LogP contribution is -2.40. The summed E-state index contributed by atoms with van der Waals surface area (Å²) in [5.74, 6) is -1.07. The third kappa shape index (κ3) is 4.94. The molecule has 0 saturated heterocycles. The van der Waals surface area contributed by atoms with Crippen molar-refractivity contribution in [2.24, 2.45) is 5.73 Å². The molecule has 1 aromatic heterocycles. The summed E-state index contributed by atoms with van der Waals surface area (Å²) in [5.41, 5.74) is 10.3. The second kappa shape index (κ2) is 9.71. The summed E-state index contributed by atoms with van der Waals surface area (Å²) in [7, 11) is -4.00. The van der Waals surface area contributed by atoms with Crippen LogP contribution in [0.1, 0.15) is 21.5 Å². The quantitative estimate of drug-likeness (QED) is 0.231. The summed E-state index contributed by atoms with van der Waals surface area (Å²) in [5, 5.41) is 12.2. The molecule has 0 fully saturated rings. The second-order valence-electron chi connectivity index (χ2n) is 8.10. The zero-order valence-corrected chi connectivity index (χ0v) is 19.6. The van der Waals surface area contributed by atoms with Crippen molar-refractivity contribution in [3.05, 3.63) is 95.7 Å². The van der Waals surface area contributed by atoms with Crippen molar-refractivity contribution in [3.8, 4) is 0 Å². The Morgan fingerprint density at radius 1 is 1.00 bits per heavy atom. The molecule has 0 saturated carbocycles. The second-order valence-corrected chi connectivity index (χ2v) is 9.92. The Labute approximate surface area is 202 Å². The van der Waals surface area contributed by atoms with Gasteiger partial charge in [0.25, 0.3) is 21.8 Å². The number of para-hydroxylation sites is 1. The molecule has 3 aromatic carbocycles. The van der Waals surface area contributed by atoms with Crippen LogP contribution in [-0.4, -0.2) is 35.5 Å². The van der Waals surface area contributed by atoms with E-state index in [-0.39, 0.29) is 17.2 Å². The largest absolute Gasteiger partial charge is 0.322 e. The molecule has 9 nitrogen and oxygen atoms in total. The molecule has 0 spiro atoms. The summed E-state index contributed by atoms with van der Waals surface area (Å²) in [6.45, 7) is 1.93. The smallest absolute Gasteiger partial charge is 0.268 e. The maximum absolute atomic E-state index is 13.4. The van der Waals surface area contributed by atoms with Gasteiger partial charge in [-0.25, -0.2) is 17.9 Å². The lowest BCUT2D eigenvalue weighted by molar-refractivity contribution is -0.130. The molecule has 1 heterocycles. The van der Waals surface area contributed by atoms with Crippen molar-refractivity contribution >= 4 is 38.4 Å². The number of benzene rings is 3. The highest BCUT2D eigenvalue weighted by Gasteiger charge is 2.23. The first-order valence-corrected chi connectivity index (χ1v) is 12.2. The monoisotopic (exact) mass is 492 g/mol. The Morgan fingerprint density at radius 2 is 1.66 bits per heavy atom. The first-order chi connectivity index (χ1) is 16.7. The van der Waals surface area contributed by atoms with Crippen molar-refractivity contribution in [1.82, 2.24) is 9.45 Å². The molecule has 2 amide bonds. The number of nitrogens with one attached hydrogen (secondary N) is 2. The van der Waals surface area contributed by atoms with E-state index in [1.165, 1.54) is 35.9 Å². The van der Waals surface area contributed by atoms with Crippen LogP contribution in [0.15, 0.2) is 83.9 Å². The molecular formula is C25H24N4O5S. The number of carbonyl (C=O) groups excluding carboxylic acids is 2. The highest BCUT2D eigenvalue weighted by molar-refractivity contribution is 7.90. The average Bonchev–Trinajstić information content (AvgIpc) is 3.23. The van der Waals surface area contributed by atoms with Crippen LogP contribution in [0.5, 0.6) is 0 Å². The SMILES string of the molecule is Cc1ccc(C(=O)Nc2ccc(S(=O)(=O)n3cc(C[C@@H](N)C(=O)NO)c4ccccc43)cc2)cc1. The maximum atomic E-state index is 13.4. The summed E-state index contributed by atoms with van der Waals surface area (Å²) in [4.78, 5) is 24.1. The van der Waals surface area contributed by atoms with E-state index in [2.05, 4.69) is 5.32 Å². The number of anilines is 1. The molecule has 0 bridgehead atoms. The van der Waals surface area contributed by atoms with Crippen LogP contribution >= 0.6 is 0 Å². The Kier molecular flexibility index (Phi) is 6.70. The zero-order chi connectivity index (χ0) is 25.2. The van der Waals surface area contributed by atoms with Crippen LogP contribution in [-0.2, 0) is 21.2 Å². The van der Waals surface area contributed by atoms with Crippen LogP contribution in [0.2, 0.25) is 0 Å². The molecule has 5 N–H and O–H groups in total. The number of hydrogen-bond acceptors (Lipinski definition) is 6. The number of rotatable bonds is 7. The normalized spacial score (nSPS) is 12.3. The fourth-order valence-electron chi connectivity index (χ4n) is 3.72. The number of hydrogen-bond donors (Lipinski definition) is 4. The number of nitrogens with zero attached hydrogens (tertiary/aromatic N) is 1. The number of aromatic nitrogens is 1. The molecule has 4 aromatic rings. The predicted octanol–water partition coefficient (Wildman–Crippen LogP) is 2.81. The number of nitrogens with two attached hydrogens (primary N) is 1. The molecule has 0 aliphatic carbocycles. The number of fused-ring (bicyclic) bond motifs is 1. The van der Waals surface area contributed by atoms with E-state index < -0.39 is 22.0 Å². The van der Waals surface area contributed by atoms with Gasteiger partial charge in [0.15, 0.2) is 0 Å². The van der Waals surface area contributed by atoms with E-state index >= 15 is 0 Å². The van der Waals surface area contributed by atoms with Gasteiger partial charge >= 0.3 is 0 Å². The molecule has 35 heavy (non-hydrogen) atoms. The number of amides is 2. The van der Waals surface area contributed by atoms with Gasteiger partial charge in [0.05, 0.1) is 16.5 Å². The summed E-state index contributed by atoms with van der Waals surface area (Å²) in [6, 6.07) is 18.8. The molecule has 1 atom stereocenters. The van der Waals surface area contributed by atoms with Crippen LogP contribution in [0, 0.1) is 6.92 Å². The minimum Gasteiger partial charge on any atom is -0.322 e. The van der Waals surface area contributed by atoms with Gasteiger partial charge in [-0.1, -0.05) is 35.9 Å². The minimum absolute atomic E-state index is 0.0236. The topological polar surface area (TPSA) is 144 Å². The third-order valence-corrected chi connectivity index (χ3v) is 7.32. The summed E-state index contributed by atoms with van der Waals surface area (Å²) < 4.78 is 28.0. The highest BCUT2D eigenvalue weighted by atomic mass is 32.2. The van der Waals surface area contributed by atoms with Gasteiger partial charge in [-0.3, -0.25) is 14.8 Å². The van der Waals surface area contributed by atoms with Crippen LogP contribution < -0.4 is 16.5 Å². The van der Waals surface area contributed by atoms with Gasteiger partial charge < -0.3 is 11.1 Å². The van der Waals surface area contributed by atoms with Gasteiger partial charge in [0.1, 0.15) is 0 Å². The number of aryl methyl sites for hydroxylation is 1. The first kappa shape index (κ1) is 24.1. The molecule has 180 valence electrons. The van der Waals surface area contributed by atoms with Gasteiger partial charge in [-0.15, -0.1) is 0 Å². The standard InChI is InChI=1S/C25H24N4O5S/c1-16-6-8-17(9-7-16)24(30)27-19-10-12-20(13-11-19)35(33,34)29-15-18(14-22(26)25(31)28-32)21-4-2-3-5-23(21)29/h2-13,15,22,32H,14,26H2,1H3,(H,27,30)(H,28,31)/t22-/m1/s1. The van der Waals surface area contributed by atoms with Gasteiger partial charge in [0, 0.05) is 22.8 Å². The average molecular weight is 493 g/mol. The lowest BCUT2D eigenvalue weighted by Gasteiger charge is -2.10. The Hall–Kier alpha value is -3.99. The molecule has 0 aliphatic rings. The van der Waals surface area contributed by atoms with E-state index in [4.69, 9.17) is 10.9 Å². The molecule has 10 heteroatoms. The predicted molar refractivity (Wildman–Crippen MR) is 132 cm³/mol. The van der Waals surface area contributed by atoms with Crippen LogP contribution in [0.3, 0.4) is 0 Å². The number of carbonyl (C=O) groups is 2. The lowest BCUT2D eigenvalue weighted by atomic mass is 10.1. The maximum Gasteiger partial charge on any atom is 0.268 e. The third-order valence-electron chi connectivity index (χ3n) is 5.63. The van der Waals surface area contributed by atoms with Crippen molar-refractivity contribution in [2.45, 2.75) is 24.3 Å². The molecule has 0 aliphatic heterocycles. The molecule has 0 unspecified atom stereocenters. The molecule has 4 rings (SSSR count). The Morgan fingerprint density at radius 3 is 2.31 bits per heavy atom. The first-order valence-electron chi connectivity index (χ1n) is 10.7. The number of hydroxylamine groups is 1. The van der Waals surface area contributed by atoms with E-state index in [9.17, 15) is 18.0 Å². The van der Waals surface area contributed by atoms with Crippen LogP contribution in [0.4, 0.5) is 5.69 Å². The van der Waals surface area contributed by atoms with Crippen LogP contribution in [0.25, 0.3) is 10.9 Å². The Balaban J connectivity index is 1.62. The summed E-state index contributed by atoms with van der Waals surface area (Å²) in [6.07, 6.45) is 1.46. The van der Waals surface area contributed by atoms with Crippen molar-refractivity contribution in [2.75, 3.05) is 5.32 Å². The van der Waals surface area contributed by atoms with E-state index in [1.807, 2.05) is 19.1 Å². The van der Waals surface area contributed by atoms with Crippen molar-refractivity contribution < 1.29 is 23.2 Å². The van der Waals surface area contributed by atoms with Gasteiger partial charge in [-0.2, -0.15) is 0 Å². The zero-order valence-electron chi connectivity index (χ0n) is 18.8. The minimum atomic E-state index is -4.00. The van der Waals surface area contributed by atoms with Crippen molar-refractivity contribution in [1.29, 1.82) is 0 Å². The molecular weight excluding hydrogens is 468 g/mol. The van der Waals surface area contributed by atoms with E-state index in [0.29, 0.717) is 27.7 Å². The Bertz CT molecular complexity index is 1490. The fraction of sp³-hybridized carbons (Fsp3) is 0.120. The summed E-state index contributed by atoms with van der Waals surface area (Å²) >= 11 is 0. The highest BCUT2D eigenvalue weighted by Crippen LogP contribution is 2.27. The van der Waals surface area contributed by atoms with Gasteiger partial charge in [0.2, 0.25) is 0 Å². The van der Waals surface area contributed by atoms with Gasteiger partial charge in [-0.05, 0) is 61.4 Å². The van der Waals surface area contributed by atoms with E-state index in [1.54, 1.807) is 36.4 Å². The fourth-order valence-corrected chi connectivity index (χ4v) is 5.12. The van der Waals surface area contributed by atoms with E-state index in [0.717, 1.165) is 9.54 Å².